The summed E-state index contributed by atoms with van der Waals surface area (Å²) in [6.07, 6.45) is 0. The number of H-pyrrole nitrogens is 2. The smallest absolute Gasteiger partial charge is 0.240 e. The molecule has 2 N–H and O–H groups in total. The van der Waals surface area contributed by atoms with Gasteiger partial charge in [-0.1, -0.05) is 52.0 Å². The number of aromatic amines is 2. The Hall–Kier alpha value is -5.98. The van der Waals surface area contributed by atoms with Gasteiger partial charge in [0.15, 0.2) is 22.1 Å². The molecule has 0 spiro atoms. The van der Waals surface area contributed by atoms with Gasteiger partial charge in [-0.2, -0.15) is 9.13 Å². The molecule has 0 amide bonds. The lowest BCUT2D eigenvalue weighted by Gasteiger charge is -2.20. The molecule has 0 unspecified atom stereocenters. The fourth-order valence-electron chi connectivity index (χ4n) is 9.16. The summed E-state index contributed by atoms with van der Waals surface area (Å²) in [5, 5.41) is 3.47. The van der Waals surface area contributed by atoms with E-state index in [1.807, 2.05) is 52.0 Å². The molecule has 252 valence electrons. The molecule has 10 nitrogen and oxygen atoms in total. The first kappa shape index (κ1) is 29.7. The molecule has 2 aromatic heterocycles. The molecule has 0 saturated heterocycles. The number of nitrogens with one attached hydrogen (secondary N) is 2. The predicted octanol–water partition coefficient (Wildman–Crippen LogP) is 6.96. The second-order valence-corrected chi connectivity index (χ2v) is 16.7. The van der Waals surface area contributed by atoms with E-state index in [1.165, 1.54) is 21.3 Å². The van der Waals surface area contributed by atoms with Crippen molar-refractivity contribution in [2.45, 2.75) is 47.3 Å². The lowest BCUT2D eigenvalue weighted by molar-refractivity contribution is -0.531. The number of carbonyl (C=O) groups excluding carboxylic acids is 2. The minimum atomic E-state index is -4.23. The number of para-hydroxylation sites is 4. The quantitative estimate of drug-likeness (QED) is 0.0986. The maximum absolute atomic E-state index is 14.8. The molecule has 0 atom stereocenters. The van der Waals surface area contributed by atoms with E-state index in [-0.39, 0.29) is 30.7 Å². The Bertz CT molecular complexity index is 3280. The van der Waals surface area contributed by atoms with Crippen LogP contribution in [0.4, 0.5) is 0 Å². The molecule has 0 radical (unpaired) electrons. The van der Waals surface area contributed by atoms with E-state index in [4.69, 9.17) is 0 Å². The summed E-state index contributed by atoms with van der Waals surface area (Å²) in [6.45, 7) is 8.00. The third-order valence-corrected chi connectivity index (χ3v) is 14.5. The van der Waals surface area contributed by atoms with Crippen molar-refractivity contribution >= 4 is 96.6 Å². The Morgan fingerprint density at radius 2 is 0.769 bits per heavy atom. The largest absolute Gasteiger partial charge is 0.347 e. The molecule has 7 aromatic carbocycles. The Morgan fingerprint density at radius 3 is 1.13 bits per heavy atom. The summed E-state index contributed by atoms with van der Waals surface area (Å²) in [5.41, 5.74) is 3.91. The van der Waals surface area contributed by atoms with Crippen LogP contribution in [0.25, 0.3) is 87.9 Å². The van der Waals surface area contributed by atoms with Crippen molar-refractivity contribution in [3.63, 3.8) is 0 Å². The molecule has 52 heavy (non-hydrogen) atoms. The molecule has 0 aliphatic carbocycles. The third kappa shape index (κ3) is 2.89. The van der Waals surface area contributed by atoms with E-state index in [1.54, 1.807) is 36.4 Å². The van der Waals surface area contributed by atoms with Crippen LogP contribution in [0.3, 0.4) is 0 Å². The summed E-state index contributed by atoms with van der Waals surface area (Å²) in [6, 6.07) is 20.7. The van der Waals surface area contributed by atoms with Gasteiger partial charge in [0.25, 0.3) is 11.6 Å². The van der Waals surface area contributed by atoms with E-state index < -0.39 is 31.5 Å². The molecule has 0 bridgehead atoms. The van der Waals surface area contributed by atoms with E-state index in [0.29, 0.717) is 87.9 Å². The average Bonchev–Trinajstić information content (AvgIpc) is 3.87. The minimum Gasteiger partial charge on any atom is -0.240 e. The van der Waals surface area contributed by atoms with Gasteiger partial charge in [0, 0.05) is 43.1 Å². The fraction of sp³-hybridized carbons (Fsp3) is 0.100. The minimum absolute atomic E-state index is 0.0503. The number of hydrogen-bond acceptors (Lipinski definition) is 6. The molecule has 9 aromatic rings. The monoisotopic (exact) mass is 722 g/mol. The molecular weight excluding hydrogens is 697 g/mol. The maximum Gasteiger partial charge on any atom is 0.347 e. The molecule has 0 saturated carbocycles. The van der Waals surface area contributed by atoms with Gasteiger partial charge >= 0.3 is 11.8 Å². The van der Waals surface area contributed by atoms with Gasteiger partial charge in [-0.25, -0.2) is 36.4 Å². The zero-order chi connectivity index (χ0) is 35.9. The SMILES string of the molecule is CC.CC.O=C1c2cc3c4c5c(cc6c7c(cc8c(c9c(cc(c2c49)-c2[nH]c4ccccc4[n+]21)S8(=O)=O)c75)-c1[nH]c2ccccc2[n+]1C6=O)S3(=O)=O. The van der Waals surface area contributed by atoms with Gasteiger partial charge in [-0.3, -0.25) is 0 Å². The van der Waals surface area contributed by atoms with Crippen LogP contribution >= 0.6 is 0 Å². The highest BCUT2D eigenvalue weighted by atomic mass is 32.2. The van der Waals surface area contributed by atoms with Crippen molar-refractivity contribution in [3.8, 4) is 22.8 Å². The lowest BCUT2D eigenvalue weighted by atomic mass is 9.83. The summed E-state index contributed by atoms with van der Waals surface area (Å²) >= 11 is 0. The van der Waals surface area contributed by atoms with Crippen molar-refractivity contribution < 1.29 is 35.6 Å². The van der Waals surface area contributed by atoms with Crippen LogP contribution < -0.4 is 9.13 Å². The van der Waals surface area contributed by atoms with Crippen molar-refractivity contribution in [1.29, 1.82) is 0 Å². The first-order chi connectivity index (χ1) is 25.2. The Morgan fingerprint density at radius 1 is 0.442 bits per heavy atom. The maximum atomic E-state index is 14.8. The molecule has 4 aliphatic heterocycles. The standard InChI is InChI=1S/C36H12N4O6S2.2C2H6/c41-35-15-11-23-29-30-24(48(23,45)46)12-16-26-14(34-38-18-6-2-4-8-20(18)40(34)36(16)42)10-22-28(32(26)30)27-21(47(22,43)44)9-13(25(15)31(27)29)33-37-17-5-1-3-7-19(17)39(33)35;2*1-2/h1-12H;2*1-2H3/p+2. The van der Waals surface area contributed by atoms with Gasteiger partial charge in [-0.05, 0) is 48.5 Å². The first-order valence-corrected chi connectivity index (χ1v) is 20.2. The van der Waals surface area contributed by atoms with Crippen LogP contribution in [0.5, 0.6) is 0 Å². The summed E-state index contributed by atoms with van der Waals surface area (Å²) in [4.78, 5) is 35.4. The van der Waals surface area contributed by atoms with E-state index in [9.17, 15) is 26.4 Å². The van der Waals surface area contributed by atoms with Gasteiger partial charge in [0.05, 0.1) is 41.8 Å². The molecule has 12 heteroatoms. The number of aromatic nitrogens is 4. The van der Waals surface area contributed by atoms with Crippen molar-refractivity contribution in [1.82, 2.24) is 9.97 Å². The van der Waals surface area contributed by atoms with Gasteiger partial charge in [0.2, 0.25) is 19.7 Å². The van der Waals surface area contributed by atoms with Crippen LogP contribution in [0.1, 0.15) is 48.4 Å². The first-order valence-electron chi connectivity index (χ1n) is 17.2. The summed E-state index contributed by atoms with van der Waals surface area (Å²) in [5.74, 6) is 0.0372. The third-order valence-electron chi connectivity index (χ3n) is 10.9. The predicted molar refractivity (Wildman–Crippen MR) is 196 cm³/mol. The number of sulfone groups is 2. The summed E-state index contributed by atoms with van der Waals surface area (Å²) < 4.78 is 61.7. The number of benzene rings is 7. The number of nitrogens with zero attached hydrogens (tertiary/aromatic N) is 2. The normalized spacial score (nSPS) is 16.0. The lowest BCUT2D eigenvalue weighted by Crippen LogP contribution is -2.46. The number of fused-ring (bicyclic) bond motifs is 8. The number of carbonyl (C=O) groups is 2. The Balaban J connectivity index is 0.000000777. The molecule has 13 rings (SSSR count). The fourth-order valence-corrected chi connectivity index (χ4v) is 12.6. The average molecular weight is 723 g/mol. The number of rotatable bonds is 0. The molecule has 4 aliphatic rings. The molecular formula is C40H26N4O6S2+2. The second-order valence-electron chi connectivity index (χ2n) is 13.0. The number of imidazole rings is 2. The van der Waals surface area contributed by atoms with E-state index in [2.05, 4.69) is 9.97 Å². The van der Waals surface area contributed by atoms with Crippen molar-refractivity contribution in [3.05, 3.63) is 83.9 Å². The van der Waals surface area contributed by atoms with Crippen LogP contribution in [0, 0.1) is 0 Å². The highest BCUT2D eigenvalue weighted by molar-refractivity contribution is 7.93. The van der Waals surface area contributed by atoms with Crippen LogP contribution in [0.2, 0.25) is 0 Å². The van der Waals surface area contributed by atoms with Gasteiger partial charge in [-0.15, -0.1) is 0 Å². The topological polar surface area (TPSA) is 142 Å². The Kier molecular flexibility index (Phi) is 5.19. The second kappa shape index (κ2) is 9.08. The Labute approximate surface area is 295 Å². The van der Waals surface area contributed by atoms with Crippen molar-refractivity contribution in [2.75, 3.05) is 0 Å². The van der Waals surface area contributed by atoms with Crippen LogP contribution in [0.15, 0.2) is 92.4 Å². The summed E-state index contributed by atoms with van der Waals surface area (Å²) in [7, 11) is -8.38. The zero-order valence-electron chi connectivity index (χ0n) is 28.1. The van der Waals surface area contributed by atoms with E-state index in [0.717, 1.165) is 0 Å². The van der Waals surface area contributed by atoms with Gasteiger partial charge in [0.1, 0.15) is 0 Å². The number of hydrogen-bond donors (Lipinski definition) is 2. The van der Waals surface area contributed by atoms with Crippen LogP contribution in [-0.4, -0.2) is 38.6 Å². The molecule has 0 fully saturated rings. The zero-order valence-corrected chi connectivity index (χ0v) is 29.7. The highest BCUT2D eigenvalue weighted by Gasteiger charge is 2.48. The molecule has 6 heterocycles. The van der Waals surface area contributed by atoms with Crippen molar-refractivity contribution in [2.24, 2.45) is 0 Å². The highest BCUT2D eigenvalue weighted by Crippen LogP contribution is 2.60. The van der Waals surface area contributed by atoms with Crippen LogP contribution in [-0.2, 0) is 19.7 Å². The van der Waals surface area contributed by atoms with E-state index >= 15 is 0 Å². The van der Waals surface area contributed by atoms with Gasteiger partial charge < -0.3 is 0 Å².